The van der Waals surface area contributed by atoms with Crippen molar-refractivity contribution in [2.45, 2.75) is 58.5 Å². The second-order valence-electron chi connectivity index (χ2n) is 8.82. The molecule has 1 unspecified atom stereocenters. The van der Waals surface area contributed by atoms with Crippen molar-refractivity contribution in [1.29, 1.82) is 5.26 Å². The van der Waals surface area contributed by atoms with E-state index in [-0.39, 0.29) is 47.2 Å². The fourth-order valence-electron chi connectivity index (χ4n) is 3.77. The molecular formula is C22H28F3N3O4S. The van der Waals surface area contributed by atoms with Gasteiger partial charge < -0.3 is 19.9 Å². The van der Waals surface area contributed by atoms with Crippen molar-refractivity contribution in [2.24, 2.45) is 11.3 Å². The zero-order valence-corrected chi connectivity index (χ0v) is 19.6. The van der Waals surface area contributed by atoms with Crippen LogP contribution in [0.15, 0.2) is 18.2 Å². The van der Waals surface area contributed by atoms with Crippen LogP contribution >= 0.6 is 0 Å². The molecule has 33 heavy (non-hydrogen) atoms. The molecule has 1 saturated carbocycles. The fourth-order valence-corrected chi connectivity index (χ4v) is 4.92. The summed E-state index contributed by atoms with van der Waals surface area (Å²) in [6.45, 7) is 3.31. The standard InChI is InChI=1S/C22H28F3N3O4S/c1-21(2,13-33(3)31)20(30)28-17-8-6-15(7-9-17)19(29)27-12-16-5-4-14(11-26)10-18(16)32-22(23,24)25/h4-5,10,15,17H,6-9,12-13H2,1-3H3,(H,27,29)(H,28,30)/t15-,17+,33?. The van der Waals surface area contributed by atoms with Crippen LogP contribution in [0.5, 0.6) is 5.75 Å². The molecule has 0 spiro atoms. The molecule has 182 valence electrons. The van der Waals surface area contributed by atoms with Crippen LogP contribution in [-0.2, 0) is 27.3 Å². The Bertz CT molecular complexity index is 892. The van der Waals surface area contributed by atoms with E-state index in [2.05, 4.69) is 15.4 Å². The minimum Gasteiger partial charge on any atom is -0.617 e. The van der Waals surface area contributed by atoms with Crippen molar-refractivity contribution in [1.82, 2.24) is 10.6 Å². The monoisotopic (exact) mass is 487 g/mol. The van der Waals surface area contributed by atoms with Crippen LogP contribution in [0.4, 0.5) is 13.2 Å². The van der Waals surface area contributed by atoms with E-state index in [1.54, 1.807) is 26.2 Å². The highest BCUT2D eigenvalue weighted by Gasteiger charge is 2.35. The lowest BCUT2D eigenvalue weighted by atomic mass is 9.84. The third kappa shape index (κ3) is 8.44. The van der Waals surface area contributed by atoms with E-state index < -0.39 is 28.7 Å². The number of rotatable bonds is 8. The maximum atomic E-state index is 12.7. The second-order valence-corrected chi connectivity index (χ2v) is 10.3. The van der Waals surface area contributed by atoms with E-state index in [0.29, 0.717) is 25.7 Å². The van der Waals surface area contributed by atoms with Crippen molar-refractivity contribution in [3.63, 3.8) is 0 Å². The van der Waals surface area contributed by atoms with Crippen LogP contribution in [0, 0.1) is 22.7 Å². The van der Waals surface area contributed by atoms with E-state index in [1.807, 2.05) is 0 Å². The van der Waals surface area contributed by atoms with Gasteiger partial charge in [0.2, 0.25) is 11.8 Å². The van der Waals surface area contributed by atoms with Gasteiger partial charge in [-0.25, -0.2) is 0 Å². The molecule has 1 aromatic carbocycles. The van der Waals surface area contributed by atoms with Crippen molar-refractivity contribution in [3.05, 3.63) is 29.3 Å². The van der Waals surface area contributed by atoms with Gasteiger partial charge in [0.25, 0.3) is 0 Å². The maximum Gasteiger partial charge on any atom is 0.573 e. The Kier molecular flexibility index (Phi) is 9.03. The van der Waals surface area contributed by atoms with E-state index in [1.165, 1.54) is 12.1 Å². The number of nitrogens with zero attached hydrogens (tertiary/aromatic N) is 1. The lowest BCUT2D eigenvalue weighted by Crippen LogP contribution is -2.47. The van der Waals surface area contributed by atoms with Gasteiger partial charge in [0.15, 0.2) is 0 Å². The van der Waals surface area contributed by atoms with Gasteiger partial charge in [-0.3, -0.25) is 9.59 Å². The average Bonchev–Trinajstić information content (AvgIpc) is 2.71. The first-order chi connectivity index (χ1) is 15.3. The Morgan fingerprint density at radius 3 is 2.42 bits per heavy atom. The summed E-state index contributed by atoms with van der Waals surface area (Å²) in [6, 6.07) is 5.32. The maximum absolute atomic E-state index is 12.7. The van der Waals surface area contributed by atoms with Gasteiger partial charge in [0.05, 0.1) is 23.3 Å². The SMILES string of the molecule is C[S+]([O-])CC(C)(C)C(=O)N[C@H]1CC[C@@H](C(=O)NCc2ccc(C#N)cc2OC(F)(F)F)CC1. The number of nitriles is 1. The number of benzene rings is 1. The van der Waals surface area contributed by atoms with Crippen LogP contribution in [0.25, 0.3) is 0 Å². The van der Waals surface area contributed by atoms with Crippen molar-refractivity contribution in [2.75, 3.05) is 12.0 Å². The molecule has 1 aliphatic carbocycles. The summed E-state index contributed by atoms with van der Waals surface area (Å²) in [5.41, 5.74) is -0.639. The molecule has 1 fully saturated rings. The first-order valence-electron chi connectivity index (χ1n) is 10.5. The first kappa shape index (κ1) is 26.8. The van der Waals surface area contributed by atoms with Gasteiger partial charge in [-0.2, -0.15) is 5.26 Å². The third-order valence-corrected chi connectivity index (χ3v) is 6.62. The normalized spacial score (nSPS) is 19.8. The molecule has 0 radical (unpaired) electrons. The first-order valence-corrected chi connectivity index (χ1v) is 12.2. The summed E-state index contributed by atoms with van der Waals surface area (Å²) < 4.78 is 53.5. The summed E-state index contributed by atoms with van der Waals surface area (Å²) in [6.07, 6.45) is -1.14. The fraction of sp³-hybridized carbons (Fsp3) is 0.591. The molecular weight excluding hydrogens is 459 g/mol. The van der Waals surface area contributed by atoms with Gasteiger partial charge in [-0.15, -0.1) is 13.2 Å². The zero-order chi connectivity index (χ0) is 24.8. The van der Waals surface area contributed by atoms with Crippen LogP contribution in [-0.4, -0.2) is 40.8 Å². The Morgan fingerprint density at radius 2 is 1.88 bits per heavy atom. The molecule has 0 saturated heterocycles. The summed E-state index contributed by atoms with van der Waals surface area (Å²) in [5, 5.41) is 14.5. The molecule has 0 heterocycles. The number of carbonyl (C=O) groups is 2. The minimum atomic E-state index is -4.92. The van der Waals surface area contributed by atoms with Crippen molar-refractivity contribution >= 4 is 23.0 Å². The molecule has 2 rings (SSSR count). The molecule has 1 aromatic rings. The highest BCUT2D eigenvalue weighted by Crippen LogP contribution is 2.29. The van der Waals surface area contributed by atoms with E-state index >= 15 is 0 Å². The molecule has 7 nitrogen and oxygen atoms in total. The predicted octanol–water partition coefficient (Wildman–Crippen LogP) is 3.15. The molecule has 11 heteroatoms. The smallest absolute Gasteiger partial charge is 0.573 e. The number of amides is 2. The lowest BCUT2D eigenvalue weighted by Gasteiger charge is -2.31. The second kappa shape index (κ2) is 11.1. The molecule has 2 N–H and O–H groups in total. The number of ether oxygens (including phenoxy) is 1. The molecule has 1 atom stereocenters. The molecule has 1 aliphatic rings. The summed E-state index contributed by atoms with van der Waals surface area (Å²) in [4.78, 5) is 25.0. The number of halogens is 3. The van der Waals surface area contributed by atoms with Crippen LogP contribution in [0.2, 0.25) is 0 Å². The molecule has 0 aliphatic heterocycles. The number of hydrogen-bond acceptors (Lipinski definition) is 5. The average molecular weight is 488 g/mol. The Hall–Kier alpha value is -2.45. The van der Waals surface area contributed by atoms with Gasteiger partial charge in [-0.1, -0.05) is 17.2 Å². The topological polar surface area (TPSA) is 114 Å². The number of nitrogens with one attached hydrogen (secondary N) is 2. The highest BCUT2D eigenvalue weighted by molar-refractivity contribution is 7.90. The van der Waals surface area contributed by atoms with Crippen molar-refractivity contribution in [3.8, 4) is 11.8 Å². The van der Waals surface area contributed by atoms with Gasteiger partial charge in [-0.05, 0) is 51.7 Å². The number of alkyl halides is 3. The van der Waals surface area contributed by atoms with Gasteiger partial charge >= 0.3 is 6.36 Å². The van der Waals surface area contributed by atoms with E-state index in [4.69, 9.17) is 5.26 Å². The van der Waals surface area contributed by atoms with Crippen molar-refractivity contribution < 1.29 is 32.0 Å². The van der Waals surface area contributed by atoms with Gasteiger partial charge in [0.1, 0.15) is 11.5 Å². The van der Waals surface area contributed by atoms with E-state index in [0.717, 1.165) is 6.07 Å². The predicted molar refractivity (Wildman–Crippen MR) is 116 cm³/mol. The number of carbonyl (C=O) groups excluding carboxylic acids is 2. The Balaban J connectivity index is 1.89. The van der Waals surface area contributed by atoms with Crippen LogP contribution in [0.3, 0.4) is 0 Å². The number of hydrogen-bond donors (Lipinski definition) is 2. The van der Waals surface area contributed by atoms with Crippen LogP contribution < -0.4 is 15.4 Å². The molecule has 2 amide bonds. The molecule has 0 bridgehead atoms. The summed E-state index contributed by atoms with van der Waals surface area (Å²) >= 11 is -1.10. The Morgan fingerprint density at radius 1 is 1.24 bits per heavy atom. The quantitative estimate of drug-likeness (QED) is 0.547. The summed E-state index contributed by atoms with van der Waals surface area (Å²) in [5.74, 6) is -1.05. The molecule has 0 aromatic heterocycles. The largest absolute Gasteiger partial charge is 0.617 e. The Labute approximate surface area is 194 Å². The van der Waals surface area contributed by atoms with Crippen LogP contribution in [0.1, 0.15) is 50.7 Å². The zero-order valence-electron chi connectivity index (χ0n) is 18.8. The highest BCUT2D eigenvalue weighted by atomic mass is 32.2. The lowest BCUT2D eigenvalue weighted by molar-refractivity contribution is -0.274. The van der Waals surface area contributed by atoms with E-state index in [9.17, 15) is 27.3 Å². The minimum absolute atomic E-state index is 0.0121. The summed E-state index contributed by atoms with van der Waals surface area (Å²) in [7, 11) is 0. The van der Waals surface area contributed by atoms with Gasteiger partial charge in [0, 0.05) is 24.1 Å². The third-order valence-electron chi connectivity index (χ3n) is 5.49.